The van der Waals surface area contributed by atoms with Gasteiger partial charge in [0.1, 0.15) is 5.60 Å². The van der Waals surface area contributed by atoms with Gasteiger partial charge >= 0.3 is 5.97 Å². The van der Waals surface area contributed by atoms with E-state index in [1.807, 2.05) is 6.08 Å². The van der Waals surface area contributed by atoms with Crippen molar-refractivity contribution in [1.29, 1.82) is 0 Å². The lowest BCUT2D eigenvalue weighted by atomic mass is 9.45. The Balaban J connectivity index is 1.53. The van der Waals surface area contributed by atoms with Crippen LogP contribution >= 0.6 is 0 Å². The minimum atomic E-state index is -0.377. The van der Waals surface area contributed by atoms with Gasteiger partial charge in [0.2, 0.25) is 0 Å². The number of fused-ring (bicyclic) bond motifs is 6. The van der Waals surface area contributed by atoms with Crippen LogP contribution in [0.5, 0.6) is 0 Å². The first-order chi connectivity index (χ1) is 12.3. The molecule has 4 aliphatic carbocycles. The van der Waals surface area contributed by atoms with Crippen LogP contribution in [0.1, 0.15) is 71.6 Å². The Bertz CT molecular complexity index is 711. The Morgan fingerprint density at radius 3 is 2.62 bits per heavy atom. The molecule has 142 valence electrons. The van der Waals surface area contributed by atoms with Gasteiger partial charge < -0.3 is 9.84 Å². The van der Waals surface area contributed by atoms with E-state index in [4.69, 9.17) is 4.74 Å². The maximum Gasteiger partial charge on any atom is 0.306 e. The molecule has 7 atom stereocenters. The molecule has 0 aromatic carbocycles. The number of hydrogen-bond donors (Lipinski definition) is 1. The normalized spacial score (nSPS) is 53.0. The van der Waals surface area contributed by atoms with Gasteiger partial charge in [-0.3, -0.25) is 9.59 Å². The highest BCUT2D eigenvalue weighted by Gasteiger charge is 2.68. The number of esters is 1. The van der Waals surface area contributed by atoms with Gasteiger partial charge in [-0.15, -0.1) is 0 Å². The molecule has 0 amide bonds. The van der Waals surface area contributed by atoms with Crippen LogP contribution in [0.3, 0.4) is 0 Å². The molecular formula is C22H30O4. The second kappa shape index (κ2) is 5.21. The Hall–Kier alpha value is -1.16. The molecule has 6 unspecified atom stereocenters. The van der Waals surface area contributed by atoms with Crippen LogP contribution in [0, 0.1) is 28.6 Å². The summed E-state index contributed by atoms with van der Waals surface area (Å²) in [5.41, 5.74) is 0.777. The zero-order valence-corrected chi connectivity index (χ0v) is 15.9. The molecular weight excluding hydrogens is 328 g/mol. The summed E-state index contributed by atoms with van der Waals surface area (Å²) in [4.78, 5) is 23.9. The second-order valence-corrected chi connectivity index (χ2v) is 10.1. The first-order valence-electron chi connectivity index (χ1n) is 10.4. The molecule has 5 aliphatic rings. The van der Waals surface area contributed by atoms with E-state index in [-0.39, 0.29) is 40.2 Å². The Morgan fingerprint density at radius 2 is 1.88 bits per heavy atom. The first-order valence-corrected chi connectivity index (χ1v) is 10.4. The minimum absolute atomic E-state index is 0.0420. The number of aliphatic hydroxyl groups excluding tert-OH is 1. The molecule has 0 aromatic heterocycles. The third kappa shape index (κ3) is 1.95. The van der Waals surface area contributed by atoms with Gasteiger partial charge in [0.15, 0.2) is 5.78 Å². The van der Waals surface area contributed by atoms with Crippen LogP contribution in [0.2, 0.25) is 0 Å². The van der Waals surface area contributed by atoms with Crippen molar-refractivity contribution in [2.75, 3.05) is 0 Å². The van der Waals surface area contributed by atoms with E-state index in [2.05, 4.69) is 13.8 Å². The van der Waals surface area contributed by atoms with E-state index in [9.17, 15) is 14.7 Å². The predicted molar refractivity (Wildman–Crippen MR) is 96.2 cm³/mol. The molecule has 0 radical (unpaired) electrons. The molecule has 1 spiro atoms. The zero-order valence-electron chi connectivity index (χ0n) is 15.9. The summed E-state index contributed by atoms with van der Waals surface area (Å²) in [6.07, 6.45) is 9.16. The van der Waals surface area contributed by atoms with E-state index < -0.39 is 0 Å². The summed E-state index contributed by atoms with van der Waals surface area (Å²) in [6, 6.07) is 0. The second-order valence-electron chi connectivity index (χ2n) is 10.1. The monoisotopic (exact) mass is 358 g/mol. The first kappa shape index (κ1) is 17.0. The number of hydrogen-bond acceptors (Lipinski definition) is 4. The van der Waals surface area contributed by atoms with Crippen LogP contribution in [-0.2, 0) is 14.3 Å². The average molecular weight is 358 g/mol. The number of allylic oxidation sites excluding steroid dienone is 1. The Kier molecular flexibility index (Phi) is 3.40. The van der Waals surface area contributed by atoms with Gasteiger partial charge in [0.05, 0.1) is 6.10 Å². The fraction of sp³-hybridized carbons (Fsp3) is 0.818. The van der Waals surface area contributed by atoms with Crippen molar-refractivity contribution < 1.29 is 19.4 Å². The summed E-state index contributed by atoms with van der Waals surface area (Å²) in [6.45, 7) is 4.56. The van der Waals surface area contributed by atoms with Crippen molar-refractivity contribution in [2.45, 2.75) is 83.3 Å². The van der Waals surface area contributed by atoms with E-state index in [0.717, 1.165) is 44.9 Å². The lowest BCUT2D eigenvalue weighted by molar-refractivity contribution is -0.184. The maximum atomic E-state index is 11.9. The molecule has 5 rings (SSSR count). The summed E-state index contributed by atoms with van der Waals surface area (Å²) in [5, 5.41) is 11.3. The third-order valence-electron chi connectivity index (χ3n) is 9.23. The van der Waals surface area contributed by atoms with Gasteiger partial charge in [-0.2, -0.15) is 0 Å². The third-order valence-corrected chi connectivity index (χ3v) is 9.23. The topological polar surface area (TPSA) is 63.6 Å². The van der Waals surface area contributed by atoms with E-state index in [1.54, 1.807) is 0 Å². The average Bonchev–Trinajstić information content (AvgIpc) is 3.09. The van der Waals surface area contributed by atoms with E-state index in [0.29, 0.717) is 24.7 Å². The molecule has 1 saturated heterocycles. The van der Waals surface area contributed by atoms with E-state index >= 15 is 0 Å². The largest absolute Gasteiger partial charge is 0.458 e. The predicted octanol–water partition coefficient (Wildman–Crippen LogP) is 3.56. The SMILES string of the molecule is CC12CCC(=O)C=C1CCC1C2C(O)CC2(C)C1CC[C@@]21CCC(=O)O1. The molecule has 0 bridgehead atoms. The van der Waals surface area contributed by atoms with Crippen molar-refractivity contribution >= 4 is 11.8 Å². The van der Waals surface area contributed by atoms with Crippen LogP contribution in [-0.4, -0.2) is 28.6 Å². The van der Waals surface area contributed by atoms with Crippen LogP contribution in [0.15, 0.2) is 11.6 Å². The molecule has 4 fully saturated rings. The summed E-state index contributed by atoms with van der Waals surface area (Å²) >= 11 is 0. The van der Waals surface area contributed by atoms with Gasteiger partial charge in [-0.1, -0.05) is 19.4 Å². The molecule has 4 heteroatoms. The minimum Gasteiger partial charge on any atom is -0.458 e. The van der Waals surface area contributed by atoms with E-state index in [1.165, 1.54) is 5.57 Å². The Morgan fingerprint density at radius 1 is 1.08 bits per heavy atom. The molecule has 26 heavy (non-hydrogen) atoms. The van der Waals surface area contributed by atoms with Gasteiger partial charge in [0, 0.05) is 18.3 Å². The highest BCUT2D eigenvalue weighted by Crippen LogP contribution is 2.69. The van der Waals surface area contributed by atoms with Crippen LogP contribution in [0.4, 0.5) is 0 Å². The number of ketones is 1. The van der Waals surface area contributed by atoms with Crippen molar-refractivity contribution in [3.05, 3.63) is 11.6 Å². The fourth-order valence-corrected chi connectivity index (χ4v) is 7.97. The fourth-order valence-electron chi connectivity index (χ4n) is 7.97. The highest BCUT2D eigenvalue weighted by atomic mass is 16.6. The lowest BCUT2D eigenvalue weighted by Gasteiger charge is -2.60. The standard InChI is InChI=1S/C22H30O4/c1-20-8-5-14(23)11-13(20)3-4-15-16-6-9-22(10-7-18(25)26-22)21(16,2)12-17(24)19(15)20/h11,15-17,19,24H,3-10,12H2,1-2H3/t15?,16?,17?,19?,20?,21?,22-/m1/s1. The number of rotatable bonds is 0. The van der Waals surface area contributed by atoms with Crippen molar-refractivity contribution in [3.8, 4) is 0 Å². The molecule has 4 nitrogen and oxygen atoms in total. The van der Waals surface area contributed by atoms with Gasteiger partial charge in [-0.25, -0.2) is 0 Å². The zero-order chi connectivity index (χ0) is 18.3. The number of carbonyl (C=O) groups is 2. The number of carbonyl (C=O) groups excluding carboxylic acids is 2. The Labute approximate surface area is 155 Å². The molecule has 0 aromatic rings. The smallest absolute Gasteiger partial charge is 0.306 e. The summed E-state index contributed by atoms with van der Waals surface area (Å²) in [5.74, 6) is 1.41. The number of aliphatic hydroxyl groups is 1. The van der Waals surface area contributed by atoms with Crippen LogP contribution in [0.25, 0.3) is 0 Å². The highest BCUT2D eigenvalue weighted by molar-refractivity contribution is 5.91. The quantitative estimate of drug-likeness (QED) is 0.673. The van der Waals surface area contributed by atoms with Crippen molar-refractivity contribution in [1.82, 2.24) is 0 Å². The van der Waals surface area contributed by atoms with Crippen molar-refractivity contribution in [2.24, 2.45) is 28.6 Å². The lowest BCUT2D eigenvalue weighted by Crippen LogP contribution is -2.59. The summed E-state index contributed by atoms with van der Waals surface area (Å²) in [7, 11) is 0. The van der Waals surface area contributed by atoms with Crippen molar-refractivity contribution in [3.63, 3.8) is 0 Å². The number of ether oxygens (including phenoxy) is 1. The molecule has 3 saturated carbocycles. The molecule has 1 heterocycles. The van der Waals surface area contributed by atoms with Crippen LogP contribution < -0.4 is 0 Å². The van der Waals surface area contributed by atoms with Gasteiger partial charge in [-0.05, 0) is 74.2 Å². The molecule has 1 aliphatic heterocycles. The van der Waals surface area contributed by atoms with Gasteiger partial charge in [0.25, 0.3) is 0 Å². The summed E-state index contributed by atoms with van der Waals surface area (Å²) < 4.78 is 5.95. The molecule has 1 N–H and O–H groups in total. The maximum absolute atomic E-state index is 11.9.